The zero-order valence-corrected chi connectivity index (χ0v) is 14.0. The number of rotatable bonds is 8. The molecule has 1 aromatic carbocycles. The van der Waals surface area contributed by atoms with Gasteiger partial charge in [-0.15, -0.1) is 0 Å². The number of benzene rings is 1. The number of hydrogen-bond acceptors (Lipinski definition) is 3. The fourth-order valence-corrected chi connectivity index (χ4v) is 1.97. The van der Waals surface area contributed by atoms with Gasteiger partial charge in [-0.1, -0.05) is 18.2 Å². The fraction of sp³-hybridized carbons (Fsp3) is 0.412. The van der Waals surface area contributed by atoms with Crippen molar-refractivity contribution in [2.75, 3.05) is 13.1 Å². The average Bonchev–Trinajstić information content (AvgIpc) is 2.50. The molecule has 1 N–H and O–H groups in total. The van der Waals surface area contributed by atoms with Crippen LogP contribution in [-0.4, -0.2) is 42.5 Å². The van der Waals surface area contributed by atoms with Gasteiger partial charge in [0.2, 0.25) is 11.8 Å². The van der Waals surface area contributed by atoms with Gasteiger partial charge in [0.25, 0.3) is 0 Å². The van der Waals surface area contributed by atoms with Gasteiger partial charge in [0.1, 0.15) is 5.75 Å². The molecule has 0 aliphatic carbocycles. The van der Waals surface area contributed by atoms with Crippen molar-refractivity contribution in [3.63, 3.8) is 0 Å². The van der Waals surface area contributed by atoms with Crippen LogP contribution in [-0.2, 0) is 9.59 Å². The van der Waals surface area contributed by atoms with Crippen molar-refractivity contribution in [1.29, 1.82) is 0 Å². The minimum atomic E-state index is -2.94. The number of likely N-dealkylation sites (N-methyl/N-ethyl adjacent to an activating group) is 1. The highest BCUT2D eigenvalue weighted by Crippen LogP contribution is 2.21. The van der Waals surface area contributed by atoms with Gasteiger partial charge in [-0.2, -0.15) is 8.78 Å². The van der Waals surface area contributed by atoms with Gasteiger partial charge in [0.15, 0.2) is 0 Å². The van der Waals surface area contributed by atoms with E-state index in [9.17, 15) is 18.4 Å². The summed E-state index contributed by atoms with van der Waals surface area (Å²) in [6.07, 6.45) is 2.63. The van der Waals surface area contributed by atoms with Gasteiger partial charge >= 0.3 is 6.61 Å². The Morgan fingerprint density at radius 2 is 1.96 bits per heavy atom. The minimum Gasteiger partial charge on any atom is -0.434 e. The van der Waals surface area contributed by atoms with Gasteiger partial charge in [-0.05, 0) is 32.9 Å². The normalized spacial score (nSPS) is 11.1. The van der Waals surface area contributed by atoms with Crippen molar-refractivity contribution < 1.29 is 23.1 Å². The molecule has 132 valence electrons. The Morgan fingerprint density at radius 1 is 1.29 bits per heavy atom. The third-order valence-electron chi connectivity index (χ3n) is 3.02. The van der Waals surface area contributed by atoms with E-state index >= 15 is 0 Å². The maximum atomic E-state index is 12.4. The molecule has 0 fully saturated rings. The summed E-state index contributed by atoms with van der Waals surface area (Å²) in [5.74, 6) is -0.657. The Balaban J connectivity index is 2.78. The van der Waals surface area contributed by atoms with Crippen molar-refractivity contribution in [3.05, 3.63) is 35.9 Å². The van der Waals surface area contributed by atoms with Crippen LogP contribution >= 0.6 is 0 Å². The first kappa shape index (κ1) is 19.6. The molecular formula is C17H22F2N2O3. The maximum Gasteiger partial charge on any atom is 0.387 e. The monoisotopic (exact) mass is 340 g/mol. The van der Waals surface area contributed by atoms with E-state index in [2.05, 4.69) is 10.1 Å². The quantitative estimate of drug-likeness (QED) is 0.740. The van der Waals surface area contributed by atoms with Crippen molar-refractivity contribution in [3.8, 4) is 5.75 Å². The summed E-state index contributed by atoms with van der Waals surface area (Å²) in [7, 11) is 0. The standard InChI is InChI=1S/C17H22F2N2O3/c1-4-21(11-15(22)20-12(2)3)16(23)10-9-13-7-5-6-8-14(13)24-17(18)19/h5-10,12,17H,4,11H2,1-3H3,(H,20,22)/b10-9+. The first-order valence-electron chi connectivity index (χ1n) is 7.63. The molecule has 24 heavy (non-hydrogen) atoms. The zero-order chi connectivity index (χ0) is 18.1. The van der Waals surface area contributed by atoms with Crippen LogP contribution in [0.3, 0.4) is 0 Å². The molecule has 1 aromatic rings. The number of halogens is 2. The minimum absolute atomic E-state index is 0.0137. The third-order valence-corrected chi connectivity index (χ3v) is 3.02. The molecule has 0 bridgehead atoms. The second kappa shape index (κ2) is 9.64. The molecule has 0 aliphatic heterocycles. The second-order valence-electron chi connectivity index (χ2n) is 5.32. The van der Waals surface area contributed by atoms with Crippen LogP contribution in [0.15, 0.2) is 30.3 Å². The van der Waals surface area contributed by atoms with E-state index in [1.807, 2.05) is 13.8 Å². The van der Waals surface area contributed by atoms with Crippen LogP contribution in [0.1, 0.15) is 26.3 Å². The van der Waals surface area contributed by atoms with E-state index in [0.717, 1.165) is 0 Å². The summed E-state index contributed by atoms with van der Waals surface area (Å²) < 4.78 is 29.1. The highest BCUT2D eigenvalue weighted by atomic mass is 19.3. The zero-order valence-electron chi connectivity index (χ0n) is 14.0. The number of para-hydroxylation sites is 1. The summed E-state index contributed by atoms with van der Waals surface area (Å²) >= 11 is 0. The average molecular weight is 340 g/mol. The molecule has 5 nitrogen and oxygen atoms in total. The predicted octanol–water partition coefficient (Wildman–Crippen LogP) is 2.67. The number of carbonyl (C=O) groups is 2. The van der Waals surface area contributed by atoms with E-state index < -0.39 is 6.61 Å². The lowest BCUT2D eigenvalue weighted by atomic mass is 10.2. The molecule has 0 aliphatic rings. The van der Waals surface area contributed by atoms with E-state index in [-0.39, 0.29) is 30.2 Å². The highest BCUT2D eigenvalue weighted by molar-refractivity contribution is 5.94. The molecule has 0 aromatic heterocycles. The van der Waals surface area contributed by atoms with Crippen molar-refractivity contribution in [2.45, 2.75) is 33.4 Å². The second-order valence-corrected chi connectivity index (χ2v) is 5.32. The number of amides is 2. The van der Waals surface area contributed by atoms with E-state index in [4.69, 9.17) is 0 Å². The molecule has 0 saturated carbocycles. The molecular weight excluding hydrogens is 318 g/mol. The number of nitrogens with zero attached hydrogens (tertiary/aromatic N) is 1. The number of alkyl halides is 2. The molecule has 0 radical (unpaired) electrons. The highest BCUT2D eigenvalue weighted by Gasteiger charge is 2.14. The third kappa shape index (κ3) is 6.76. The topological polar surface area (TPSA) is 58.6 Å². The Hall–Kier alpha value is -2.44. The molecule has 0 saturated heterocycles. The molecule has 0 heterocycles. The van der Waals surface area contributed by atoms with Crippen molar-refractivity contribution in [1.82, 2.24) is 10.2 Å². The molecule has 0 atom stereocenters. The van der Waals surface area contributed by atoms with Gasteiger partial charge in [-0.25, -0.2) is 0 Å². The van der Waals surface area contributed by atoms with E-state index in [1.54, 1.807) is 25.1 Å². The van der Waals surface area contributed by atoms with E-state index in [1.165, 1.54) is 23.1 Å². The number of ether oxygens (including phenoxy) is 1. The fourth-order valence-electron chi connectivity index (χ4n) is 1.97. The lowest BCUT2D eigenvalue weighted by Crippen LogP contribution is -2.42. The Bertz CT molecular complexity index is 589. The van der Waals surface area contributed by atoms with Gasteiger partial charge in [0.05, 0.1) is 6.54 Å². The van der Waals surface area contributed by atoms with Crippen molar-refractivity contribution in [2.24, 2.45) is 0 Å². The van der Waals surface area contributed by atoms with E-state index in [0.29, 0.717) is 12.1 Å². The maximum absolute atomic E-state index is 12.4. The molecule has 0 spiro atoms. The first-order chi connectivity index (χ1) is 11.3. The molecule has 0 unspecified atom stereocenters. The van der Waals surface area contributed by atoms with Crippen LogP contribution in [0, 0.1) is 0 Å². The summed E-state index contributed by atoms with van der Waals surface area (Å²) in [5, 5.41) is 2.71. The van der Waals surface area contributed by atoms with Crippen LogP contribution in [0.2, 0.25) is 0 Å². The molecule has 7 heteroatoms. The largest absolute Gasteiger partial charge is 0.434 e. The van der Waals surface area contributed by atoms with Crippen molar-refractivity contribution >= 4 is 17.9 Å². The smallest absolute Gasteiger partial charge is 0.387 e. The van der Waals surface area contributed by atoms with Gasteiger partial charge in [0, 0.05) is 24.2 Å². The lowest BCUT2D eigenvalue weighted by Gasteiger charge is -2.19. The summed E-state index contributed by atoms with van der Waals surface area (Å²) in [5.41, 5.74) is 0.355. The van der Waals surface area contributed by atoms with Gasteiger partial charge < -0.3 is 15.0 Å². The first-order valence-corrected chi connectivity index (χ1v) is 7.63. The summed E-state index contributed by atoms with van der Waals surface area (Å²) in [4.78, 5) is 25.3. The van der Waals surface area contributed by atoms with Crippen LogP contribution in [0.25, 0.3) is 6.08 Å². The summed E-state index contributed by atoms with van der Waals surface area (Å²) in [6.45, 7) is 2.76. The number of carbonyl (C=O) groups excluding carboxylic acids is 2. The lowest BCUT2D eigenvalue weighted by molar-refractivity contribution is -0.132. The Labute approximate surface area is 140 Å². The number of hydrogen-bond donors (Lipinski definition) is 1. The van der Waals surface area contributed by atoms with Gasteiger partial charge in [-0.3, -0.25) is 9.59 Å². The Morgan fingerprint density at radius 3 is 2.54 bits per heavy atom. The number of nitrogens with one attached hydrogen (secondary N) is 1. The Kier molecular flexibility index (Phi) is 7.88. The molecule has 2 amide bonds. The van der Waals surface area contributed by atoms with Crippen LogP contribution < -0.4 is 10.1 Å². The van der Waals surface area contributed by atoms with Crippen LogP contribution in [0.5, 0.6) is 5.75 Å². The summed E-state index contributed by atoms with van der Waals surface area (Å²) in [6, 6.07) is 6.15. The predicted molar refractivity (Wildman–Crippen MR) is 87.6 cm³/mol. The molecule has 1 rings (SSSR count). The SMILES string of the molecule is CCN(CC(=O)NC(C)C)C(=O)/C=C/c1ccccc1OC(F)F. The van der Waals surface area contributed by atoms with Crippen LogP contribution in [0.4, 0.5) is 8.78 Å².